The van der Waals surface area contributed by atoms with Crippen molar-refractivity contribution in [3.05, 3.63) is 35.9 Å². The number of primary amides is 1. The summed E-state index contributed by atoms with van der Waals surface area (Å²) in [6.07, 6.45) is 1.72. The lowest BCUT2D eigenvalue weighted by atomic mass is 9.95. The van der Waals surface area contributed by atoms with Gasteiger partial charge in [-0.2, -0.15) is 0 Å². The molecule has 1 heterocycles. The molecule has 0 aromatic heterocycles. The van der Waals surface area contributed by atoms with Gasteiger partial charge in [0, 0.05) is 25.7 Å². The molecular weight excluding hydrogens is 264 g/mol. The van der Waals surface area contributed by atoms with Crippen molar-refractivity contribution in [2.75, 3.05) is 13.1 Å². The second-order valence-electron chi connectivity index (χ2n) is 6.13. The van der Waals surface area contributed by atoms with E-state index in [1.54, 1.807) is 0 Å². The molecule has 5 heteroatoms. The molecule has 0 atom stereocenters. The van der Waals surface area contributed by atoms with Crippen molar-refractivity contribution in [1.29, 1.82) is 0 Å². The molecular formula is C16H26N4O. The molecule has 0 unspecified atom stereocenters. The summed E-state index contributed by atoms with van der Waals surface area (Å²) in [6.45, 7) is 7.00. The van der Waals surface area contributed by atoms with E-state index < -0.39 is 6.03 Å². The summed E-state index contributed by atoms with van der Waals surface area (Å²) in [4.78, 5) is 13.7. The first-order valence-electron chi connectivity index (χ1n) is 7.61. The number of nitrogens with zero attached hydrogens (tertiary/aromatic N) is 1. The molecule has 4 N–H and O–H groups in total. The number of rotatable bonds is 5. The number of carbonyl (C=O) groups excluding carboxylic acids is 1. The summed E-state index contributed by atoms with van der Waals surface area (Å²) in [5, 5.41) is 6.38. The predicted molar refractivity (Wildman–Crippen MR) is 84.7 cm³/mol. The van der Waals surface area contributed by atoms with Crippen molar-refractivity contribution in [3.8, 4) is 0 Å². The minimum Gasteiger partial charge on any atom is -0.352 e. The number of hydrogen-bond acceptors (Lipinski definition) is 3. The van der Waals surface area contributed by atoms with Gasteiger partial charge in [-0.15, -0.1) is 0 Å². The van der Waals surface area contributed by atoms with Crippen LogP contribution in [0.25, 0.3) is 0 Å². The summed E-state index contributed by atoms with van der Waals surface area (Å²) in [7, 11) is 0. The molecule has 5 nitrogen and oxygen atoms in total. The number of nitrogens with one attached hydrogen (secondary N) is 2. The van der Waals surface area contributed by atoms with Crippen LogP contribution in [-0.2, 0) is 6.54 Å². The van der Waals surface area contributed by atoms with Crippen molar-refractivity contribution in [2.24, 2.45) is 5.73 Å². The van der Waals surface area contributed by atoms with Crippen LogP contribution >= 0.6 is 0 Å². The third-order valence-corrected chi connectivity index (χ3v) is 3.89. The highest BCUT2D eigenvalue weighted by Crippen LogP contribution is 2.22. The number of nitrogens with two attached hydrogens (primary N) is 1. The zero-order valence-electron chi connectivity index (χ0n) is 12.9. The Morgan fingerprint density at radius 2 is 1.90 bits per heavy atom. The SMILES string of the molecule is CC(C)NC1(NC(N)=O)CCN(Cc2ccccc2)CC1. The maximum atomic E-state index is 11.3. The minimum atomic E-state index is -0.459. The number of amides is 2. The first kappa shape index (κ1) is 15.8. The molecule has 1 aromatic carbocycles. The van der Waals surface area contributed by atoms with Gasteiger partial charge < -0.3 is 11.1 Å². The molecule has 1 aromatic rings. The fraction of sp³-hybridized carbons (Fsp3) is 0.562. The average molecular weight is 290 g/mol. The van der Waals surface area contributed by atoms with E-state index in [2.05, 4.69) is 53.6 Å². The molecule has 1 aliphatic rings. The van der Waals surface area contributed by atoms with Gasteiger partial charge in [0.15, 0.2) is 0 Å². The van der Waals surface area contributed by atoms with E-state index in [0.29, 0.717) is 6.04 Å². The largest absolute Gasteiger partial charge is 0.352 e. The smallest absolute Gasteiger partial charge is 0.313 e. The molecule has 0 aliphatic carbocycles. The number of urea groups is 1. The van der Waals surface area contributed by atoms with Crippen LogP contribution in [0.2, 0.25) is 0 Å². The summed E-state index contributed by atoms with van der Waals surface area (Å²) in [5.74, 6) is 0. The maximum Gasteiger partial charge on any atom is 0.313 e. The molecule has 0 saturated carbocycles. The molecule has 21 heavy (non-hydrogen) atoms. The average Bonchev–Trinajstić information content (AvgIpc) is 2.41. The lowest BCUT2D eigenvalue weighted by Gasteiger charge is -2.43. The fourth-order valence-corrected chi connectivity index (χ4v) is 3.03. The molecule has 116 valence electrons. The van der Waals surface area contributed by atoms with Crippen molar-refractivity contribution in [2.45, 2.75) is 44.9 Å². The number of hydrogen-bond donors (Lipinski definition) is 3. The Labute approximate surface area is 126 Å². The Kier molecular flexibility index (Phi) is 5.20. The van der Waals surface area contributed by atoms with Crippen LogP contribution in [0.4, 0.5) is 4.79 Å². The van der Waals surface area contributed by atoms with Gasteiger partial charge >= 0.3 is 6.03 Å². The van der Waals surface area contributed by atoms with E-state index in [9.17, 15) is 4.79 Å². The van der Waals surface area contributed by atoms with Crippen LogP contribution < -0.4 is 16.4 Å². The van der Waals surface area contributed by atoms with E-state index in [1.165, 1.54) is 5.56 Å². The molecule has 0 bridgehead atoms. The predicted octanol–water partition coefficient (Wildman–Crippen LogP) is 1.65. The van der Waals surface area contributed by atoms with Crippen LogP contribution in [0, 0.1) is 0 Å². The van der Waals surface area contributed by atoms with Crippen molar-refractivity contribution in [1.82, 2.24) is 15.5 Å². The molecule has 1 saturated heterocycles. The Balaban J connectivity index is 1.94. The molecule has 1 aliphatic heterocycles. The highest BCUT2D eigenvalue weighted by atomic mass is 16.2. The second-order valence-corrected chi connectivity index (χ2v) is 6.13. The lowest BCUT2D eigenvalue weighted by Crippen LogP contribution is -2.65. The van der Waals surface area contributed by atoms with E-state index in [1.807, 2.05) is 6.07 Å². The molecule has 0 spiro atoms. The maximum absolute atomic E-state index is 11.3. The number of benzene rings is 1. The summed E-state index contributed by atoms with van der Waals surface area (Å²) < 4.78 is 0. The Hall–Kier alpha value is -1.59. The zero-order chi connectivity index (χ0) is 15.3. The Morgan fingerprint density at radius 3 is 2.43 bits per heavy atom. The van der Waals surface area contributed by atoms with Gasteiger partial charge in [-0.3, -0.25) is 10.2 Å². The first-order chi connectivity index (χ1) is 9.99. The van der Waals surface area contributed by atoms with E-state index in [-0.39, 0.29) is 5.66 Å². The van der Waals surface area contributed by atoms with Crippen molar-refractivity contribution < 1.29 is 4.79 Å². The summed E-state index contributed by atoms with van der Waals surface area (Å²) in [6, 6.07) is 10.3. The number of carbonyl (C=O) groups is 1. The Bertz CT molecular complexity index is 453. The highest BCUT2D eigenvalue weighted by Gasteiger charge is 2.35. The van der Waals surface area contributed by atoms with Gasteiger partial charge in [-0.05, 0) is 32.3 Å². The normalized spacial score (nSPS) is 18.6. The van der Waals surface area contributed by atoms with Gasteiger partial charge in [-0.25, -0.2) is 4.79 Å². The van der Waals surface area contributed by atoms with Crippen LogP contribution in [-0.4, -0.2) is 35.7 Å². The lowest BCUT2D eigenvalue weighted by molar-refractivity contribution is 0.103. The van der Waals surface area contributed by atoms with Gasteiger partial charge in [0.25, 0.3) is 0 Å². The topological polar surface area (TPSA) is 70.4 Å². The summed E-state index contributed by atoms with van der Waals surface area (Å²) >= 11 is 0. The van der Waals surface area contributed by atoms with Crippen LogP contribution in [0.3, 0.4) is 0 Å². The van der Waals surface area contributed by atoms with Crippen LogP contribution in [0.1, 0.15) is 32.3 Å². The number of likely N-dealkylation sites (tertiary alicyclic amines) is 1. The second kappa shape index (κ2) is 6.91. The summed E-state index contributed by atoms with van der Waals surface area (Å²) in [5.41, 5.74) is 6.29. The van der Waals surface area contributed by atoms with E-state index in [4.69, 9.17) is 5.73 Å². The van der Waals surface area contributed by atoms with Gasteiger partial charge in [-0.1, -0.05) is 30.3 Å². The standard InChI is InChI=1S/C16H26N4O/c1-13(2)18-16(19-15(17)21)8-10-20(11-9-16)12-14-6-4-3-5-7-14/h3-7,13,18H,8-12H2,1-2H3,(H3,17,19,21). The van der Waals surface area contributed by atoms with Crippen molar-refractivity contribution in [3.63, 3.8) is 0 Å². The van der Waals surface area contributed by atoms with Crippen molar-refractivity contribution >= 4 is 6.03 Å². The van der Waals surface area contributed by atoms with Crippen LogP contribution in [0.15, 0.2) is 30.3 Å². The zero-order valence-corrected chi connectivity index (χ0v) is 12.9. The van der Waals surface area contributed by atoms with E-state index >= 15 is 0 Å². The van der Waals surface area contributed by atoms with Gasteiger partial charge in [0.2, 0.25) is 0 Å². The molecule has 2 amide bonds. The minimum absolute atomic E-state index is 0.303. The highest BCUT2D eigenvalue weighted by molar-refractivity contribution is 5.72. The van der Waals surface area contributed by atoms with Gasteiger partial charge in [0.05, 0.1) is 5.66 Å². The van der Waals surface area contributed by atoms with Gasteiger partial charge in [0.1, 0.15) is 0 Å². The quantitative estimate of drug-likeness (QED) is 0.722. The molecule has 0 radical (unpaired) electrons. The Morgan fingerprint density at radius 1 is 1.29 bits per heavy atom. The third kappa shape index (κ3) is 4.72. The number of piperidine rings is 1. The molecule has 2 rings (SSSR count). The fourth-order valence-electron chi connectivity index (χ4n) is 3.03. The first-order valence-corrected chi connectivity index (χ1v) is 7.61. The molecule has 1 fully saturated rings. The monoisotopic (exact) mass is 290 g/mol. The third-order valence-electron chi connectivity index (χ3n) is 3.89. The van der Waals surface area contributed by atoms with Crippen LogP contribution in [0.5, 0.6) is 0 Å². The van der Waals surface area contributed by atoms with E-state index in [0.717, 1.165) is 32.5 Å².